The predicted molar refractivity (Wildman–Crippen MR) is 334 cm³/mol. The molecular weight excluding hydrogens is 949 g/mol. The molecule has 3 heterocycles. The van der Waals surface area contributed by atoms with Crippen molar-refractivity contribution >= 4 is 50.6 Å². The zero-order chi connectivity index (χ0) is 58.7. The van der Waals surface area contributed by atoms with Crippen LogP contribution in [0.4, 0.5) is 22.7 Å². The van der Waals surface area contributed by atoms with E-state index in [4.69, 9.17) is 13.8 Å². The Bertz CT molecular complexity index is 3980. The van der Waals surface area contributed by atoms with Gasteiger partial charge in [0, 0.05) is 51.4 Å². The smallest absolute Gasteiger partial charge is 0.457 e. The molecule has 0 bridgehead atoms. The second kappa shape index (κ2) is 18.9. The summed E-state index contributed by atoms with van der Waals surface area (Å²) in [7, 11) is 0. The van der Waals surface area contributed by atoms with Gasteiger partial charge < -0.3 is 4.74 Å². The molecule has 0 aliphatic carbocycles. The van der Waals surface area contributed by atoms with E-state index >= 15 is 0 Å². The second-order valence-electron chi connectivity index (χ2n) is 28.0. The summed E-state index contributed by atoms with van der Waals surface area (Å²) < 4.78 is 40.1. The van der Waals surface area contributed by atoms with E-state index in [9.17, 15) is 0 Å². The second-order valence-corrected chi connectivity index (χ2v) is 28.0. The van der Waals surface area contributed by atoms with Gasteiger partial charge in [0.2, 0.25) is 11.4 Å². The van der Waals surface area contributed by atoms with Gasteiger partial charge in [0.1, 0.15) is 17.3 Å². The summed E-state index contributed by atoms with van der Waals surface area (Å²) in [4.78, 5) is 5.04. The minimum absolute atomic E-state index is 0.0169. The molecule has 1 aliphatic heterocycles. The molecule has 0 fully saturated rings. The summed E-state index contributed by atoms with van der Waals surface area (Å²) in [6.07, 6.45) is 1.92. The first kappa shape index (κ1) is 50.2. The van der Waals surface area contributed by atoms with E-state index in [0.717, 1.165) is 61.5 Å². The molecule has 0 saturated carbocycles. The standard InChI is InChI=1S/C73H82N4O/c1-46-34-49(68(2,3)4)27-29-59(46)61-24-21-25-64-67(61)76(56-40-53(72(14,15)16)39-54(41-56)73(17,18)19)45-75(64)55-22-20-23-57(43-55)78-58-28-30-60-62-37-47(48-35-51(70(8,9)10)38-52(36-48)71(11,12)13)26-31-63(62)77(65(60)44-58)66-42-50(32-33-74-66)69(5,6)7/h20-44H,1-19H3/q+2/i1D3. The number of aromatic nitrogens is 2. The van der Waals surface area contributed by atoms with Gasteiger partial charge in [-0.15, -0.1) is 0 Å². The van der Waals surface area contributed by atoms with Gasteiger partial charge in [-0.3, -0.25) is 4.57 Å². The predicted octanol–water partition coefficient (Wildman–Crippen LogP) is 20.3. The van der Waals surface area contributed by atoms with Crippen molar-refractivity contribution in [1.29, 1.82) is 0 Å². The van der Waals surface area contributed by atoms with Crippen molar-refractivity contribution in [2.45, 2.75) is 164 Å². The number of hydrogen-bond donors (Lipinski definition) is 0. The van der Waals surface area contributed by atoms with Gasteiger partial charge in [-0.25, -0.2) is 4.98 Å². The highest BCUT2D eigenvalue weighted by Gasteiger charge is 2.41. The first-order valence-corrected chi connectivity index (χ1v) is 27.8. The van der Waals surface area contributed by atoms with Crippen LogP contribution in [0, 0.1) is 6.85 Å². The third kappa shape index (κ3) is 10.4. The summed E-state index contributed by atoms with van der Waals surface area (Å²) in [5, 5.41) is 2.24. The van der Waals surface area contributed by atoms with Crippen LogP contribution >= 0.6 is 0 Å². The van der Waals surface area contributed by atoms with Crippen molar-refractivity contribution in [3.05, 3.63) is 191 Å². The molecule has 0 N–H and O–H groups in total. The molecule has 0 spiro atoms. The Kier molecular flexibility index (Phi) is 12.2. The first-order chi connectivity index (χ1) is 37.5. The fourth-order valence-electron chi connectivity index (χ4n) is 10.6. The highest BCUT2D eigenvalue weighted by Crippen LogP contribution is 2.47. The number of ether oxygens (including phenoxy) is 1. The van der Waals surface area contributed by atoms with Crippen LogP contribution < -0.4 is 13.9 Å². The molecule has 0 unspecified atom stereocenters. The summed E-state index contributed by atoms with van der Waals surface area (Å²) in [6.45, 7) is 37.9. The zero-order valence-electron chi connectivity index (χ0n) is 52.6. The molecule has 0 amide bonds. The summed E-state index contributed by atoms with van der Waals surface area (Å²) in [5.74, 6) is 2.19. The first-order valence-electron chi connectivity index (χ1n) is 29.3. The monoisotopic (exact) mass is 1030 g/mol. The number of rotatable bonds is 7. The maximum atomic E-state index is 8.88. The van der Waals surface area contributed by atoms with Crippen molar-refractivity contribution in [1.82, 2.24) is 18.7 Å². The molecule has 78 heavy (non-hydrogen) atoms. The molecule has 1 aliphatic rings. The fraction of sp³-hybridized carbons (Fsp3) is 0.342. The van der Waals surface area contributed by atoms with E-state index in [0.29, 0.717) is 22.6 Å². The Balaban J connectivity index is 1.14. The molecule has 0 radical (unpaired) electrons. The van der Waals surface area contributed by atoms with Gasteiger partial charge >= 0.3 is 11.7 Å². The van der Waals surface area contributed by atoms with E-state index in [1.807, 2.05) is 36.5 Å². The lowest BCUT2D eigenvalue weighted by Gasteiger charge is -2.26. The third-order valence-electron chi connectivity index (χ3n) is 15.7. The lowest BCUT2D eigenvalue weighted by molar-refractivity contribution is 0.483. The maximum Gasteiger partial charge on any atom is 0.503 e. The number of para-hydroxylation sites is 1. The Morgan fingerprint density at radius 1 is 0.436 bits per heavy atom. The molecule has 10 rings (SSSR count). The normalized spacial score (nSPS) is 14.3. The Labute approximate surface area is 470 Å². The van der Waals surface area contributed by atoms with Crippen LogP contribution in [0.2, 0.25) is 0 Å². The third-order valence-corrected chi connectivity index (χ3v) is 15.7. The molecule has 0 saturated heterocycles. The number of aryl methyl sites for hydroxylation is 1. The van der Waals surface area contributed by atoms with Crippen LogP contribution in [0.3, 0.4) is 0 Å². The zero-order valence-corrected chi connectivity index (χ0v) is 49.6. The largest absolute Gasteiger partial charge is 0.503 e. The quantitative estimate of drug-likeness (QED) is 0.149. The molecule has 7 aromatic carbocycles. The minimum Gasteiger partial charge on any atom is -0.457 e. The number of hydrogen-bond acceptors (Lipinski definition) is 2. The average molecular weight is 1030 g/mol. The van der Waals surface area contributed by atoms with Crippen LogP contribution in [-0.2, 0) is 32.5 Å². The van der Waals surface area contributed by atoms with E-state index < -0.39 is 6.85 Å². The van der Waals surface area contributed by atoms with Crippen molar-refractivity contribution in [3.8, 4) is 39.6 Å². The lowest BCUT2D eigenvalue weighted by Crippen LogP contribution is -2.17. The van der Waals surface area contributed by atoms with Crippen molar-refractivity contribution < 1.29 is 8.85 Å². The highest BCUT2D eigenvalue weighted by atomic mass is 16.5. The van der Waals surface area contributed by atoms with Gasteiger partial charge in [0.25, 0.3) is 5.69 Å². The highest BCUT2D eigenvalue weighted by molar-refractivity contribution is 6.11. The number of fused-ring (bicyclic) bond motifs is 4. The van der Waals surface area contributed by atoms with E-state index in [1.54, 1.807) is 0 Å². The molecule has 5 nitrogen and oxygen atoms in total. The maximum absolute atomic E-state index is 8.88. The van der Waals surface area contributed by atoms with E-state index in [2.05, 4.69) is 260 Å². The van der Waals surface area contributed by atoms with Gasteiger partial charge in [-0.1, -0.05) is 185 Å². The lowest BCUT2D eigenvalue weighted by atomic mass is 9.79. The Hall–Kier alpha value is -7.33. The molecule has 5 heteroatoms. The van der Waals surface area contributed by atoms with E-state index in [1.165, 1.54) is 38.9 Å². The van der Waals surface area contributed by atoms with Crippen LogP contribution in [0.1, 0.15) is 168 Å². The Morgan fingerprint density at radius 2 is 1.03 bits per heavy atom. The number of nitrogens with zero attached hydrogens (tertiary/aromatic N) is 4. The Morgan fingerprint density at radius 3 is 1.64 bits per heavy atom. The van der Waals surface area contributed by atoms with Gasteiger partial charge in [0.05, 0.1) is 22.7 Å². The number of pyridine rings is 1. The van der Waals surface area contributed by atoms with Crippen LogP contribution in [0.15, 0.2) is 152 Å². The topological polar surface area (TPSA) is 33.1 Å². The number of benzene rings is 7. The van der Waals surface area contributed by atoms with Gasteiger partial charge in [0.15, 0.2) is 0 Å². The molecule has 398 valence electrons. The van der Waals surface area contributed by atoms with Crippen molar-refractivity contribution in [2.24, 2.45) is 0 Å². The average Bonchev–Trinajstić information content (AvgIpc) is 3.95. The molecule has 0 atom stereocenters. The SMILES string of the molecule is [2H]C([2H])([2H])c1cc(C(C)(C)C)ccc1-c1cccc2c1[N+](c1cc(C(C)(C)C)cc(C(C)(C)C)c1)=C=[N+]2c1cccc(Oc2ccc3c4cc(-c5cc(C(C)(C)C)cc(C(C)(C)C)c5)ccc4n(-c4cc(C(C)(C)C)ccn4)c3c2)c1. The fourth-order valence-corrected chi connectivity index (χ4v) is 10.6. The molecule has 2 aromatic heterocycles. The van der Waals surface area contributed by atoms with Crippen molar-refractivity contribution in [3.63, 3.8) is 0 Å². The summed E-state index contributed by atoms with van der Waals surface area (Å²) >= 11 is 0. The summed E-state index contributed by atoms with van der Waals surface area (Å²) in [6, 6.07) is 55.7. The minimum atomic E-state index is -2.37. The van der Waals surface area contributed by atoms with Gasteiger partial charge in [-0.05, 0) is 153 Å². The van der Waals surface area contributed by atoms with Gasteiger partial charge in [-0.2, -0.15) is 0 Å². The molecular formula is C73H82N4O+2. The summed E-state index contributed by atoms with van der Waals surface area (Å²) in [5.41, 5.74) is 16.3. The van der Waals surface area contributed by atoms with Crippen LogP contribution in [0.5, 0.6) is 11.5 Å². The van der Waals surface area contributed by atoms with E-state index in [-0.39, 0.29) is 32.5 Å². The molecule has 9 aromatic rings. The van der Waals surface area contributed by atoms with Crippen LogP contribution in [-0.4, -0.2) is 15.6 Å². The van der Waals surface area contributed by atoms with Crippen LogP contribution in [0.25, 0.3) is 49.9 Å². The van der Waals surface area contributed by atoms with Crippen molar-refractivity contribution in [2.75, 3.05) is 0 Å².